The van der Waals surface area contributed by atoms with Crippen molar-refractivity contribution in [3.8, 4) is 0 Å². The van der Waals surface area contributed by atoms with Gasteiger partial charge in [-0.3, -0.25) is 4.40 Å². The van der Waals surface area contributed by atoms with Gasteiger partial charge in [0.2, 0.25) is 6.17 Å². The first-order valence-electron chi connectivity index (χ1n) is 4.32. The van der Waals surface area contributed by atoms with Crippen molar-refractivity contribution in [3.63, 3.8) is 0 Å². The summed E-state index contributed by atoms with van der Waals surface area (Å²) in [5.74, 6) is -1.48. The van der Waals surface area contributed by atoms with Crippen LogP contribution >= 0.6 is 11.3 Å². The number of carbonyl (C=O) groups is 1. The van der Waals surface area contributed by atoms with E-state index in [9.17, 15) is 9.18 Å². The second-order valence-electron chi connectivity index (χ2n) is 3.28. The average Bonchev–Trinajstić information content (AvgIpc) is 2.65. The fourth-order valence-electron chi connectivity index (χ4n) is 1.54. The van der Waals surface area contributed by atoms with Crippen molar-refractivity contribution < 1.29 is 14.3 Å². The van der Waals surface area contributed by atoms with Crippen molar-refractivity contribution in [1.82, 2.24) is 9.38 Å². The lowest BCUT2D eigenvalue weighted by Crippen LogP contribution is -2.10. The Morgan fingerprint density at radius 2 is 2.33 bits per heavy atom. The fraction of sp³-hybridized carbons (Fsp3) is 0.333. The molecule has 0 aliphatic rings. The van der Waals surface area contributed by atoms with Crippen molar-refractivity contribution >= 4 is 22.3 Å². The molecule has 0 aliphatic heterocycles. The Kier molecular flexibility index (Phi) is 2.22. The zero-order valence-corrected chi connectivity index (χ0v) is 9.01. The number of carboxylic acid groups (broad SMARTS) is 1. The number of alkyl halides is 1. The van der Waals surface area contributed by atoms with Crippen LogP contribution in [0.25, 0.3) is 4.96 Å². The van der Waals surface area contributed by atoms with Gasteiger partial charge in [0.25, 0.3) is 0 Å². The number of imidazole rings is 1. The number of thiazole rings is 1. The molecule has 0 saturated heterocycles. The molecular weight excluding hydrogens is 219 g/mol. The maximum absolute atomic E-state index is 13.5. The van der Waals surface area contributed by atoms with E-state index in [0.717, 1.165) is 5.69 Å². The zero-order valence-electron chi connectivity index (χ0n) is 8.19. The van der Waals surface area contributed by atoms with Crippen LogP contribution in [0.2, 0.25) is 0 Å². The summed E-state index contributed by atoms with van der Waals surface area (Å²) in [4.78, 5) is 15.4. The number of nitrogens with zero attached hydrogens (tertiary/aromatic N) is 2. The standard InChI is InChI=1S/C9H9FN2O2S/c1-4-3-15-9-11-5(2)7(12(4)9)6(10)8(13)14/h3,6H,1-2H3,(H,13,14). The van der Waals surface area contributed by atoms with Gasteiger partial charge in [0.1, 0.15) is 0 Å². The molecule has 4 nitrogen and oxygen atoms in total. The molecule has 1 unspecified atom stereocenters. The number of aromatic nitrogens is 2. The largest absolute Gasteiger partial charge is 0.479 e. The van der Waals surface area contributed by atoms with Gasteiger partial charge in [-0.15, -0.1) is 11.3 Å². The van der Waals surface area contributed by atoms with E-state index in [-0.39, 0.29) is 5.69 Å². The molecule has 0 spiro atoms. The Balaban J connectivity index is 2.71. The van der Waals surface area contributed by atoms with E-state index in [1.807, 2.05) is 5.38 Å². The van der Waals surface area contributed by atoms with Crippen LogP contribution < -0.4 is 0 Å². The number of carboxylic acids is 1. The first kappa shape index (κ1) is 10.1. The van der Waals surface area contributed by atoms with Crippen LogP contribution in [-0.4, -0.2) is 20.5 Å². The summed E-state index contributed by atoms with van der Waals surface area (Å²) in [6, 6.07) is 0. The molecule has 2 heterocycles. The van der Waals surface area contributed by atoms with Gasteiger partial charge in [-0.05, 0) is 13.8 Å². The highest BCUT2D eigenvalue weighted by atomic mass is 32.1. The summed E-state index contributed by atoms with van der Waals surface area (Å²) in [5.41, 5.74) is 1.35. The Bertz CT molecular complexity index is 531. The second kappa shape index (κ2) is 3.30. The first-order valence-corrected chi connectivity index (χ1v) is 5.20. The Morgan fingerprint density at radius 3 is 2.93 bits per heavy atom. The molecule has 15 heavy (non-hydrogen) atoms. The molecule has 0 saturated carbocycles. The molecule has 6 heteroatoms. The van der Waals surface area contributed by atoms with E-state index >= 15 is 0 Å². The maximum Gasteiger partial charge on any atom is 0.344 e. The Labute approximate surface area is 89.0 Å². The molecule has 0 amide bonds. The van der Waals surface area contributed by atoms with Gasteiger partial charge in [-0.2, -0.15) is 0 Å². The number of hydrogen-bond acceptors (Lipinski definition) is 3. The lowest BCUT2D eigenvalue weighted by atomic mass is 10.2. The summed E-state index contributed by atoms with van der Waals surface area (Å²) < 4.78 is 15.0. The topological polar surface area (TPSA) is 54.6 Å². The molecule has 2 aromatic rings. The highest BCUT2D eigenvalue weighted by molar-refractivity contribution is 7.15. The van der Waals surface area contributed by atoms with Crippen molar-refractivity contribution in [1.29, 1.82) is 0 Å². The van der Waals surface area contributed by atoms with Gasteiger partial charge in [0, 0.05) is 11.1 Å². The van der Waals surface area contributed by atoms with Crippen molar-refractivity contribution in [2.45, 2.75) is 20.0 Å². The SMILES string of the molecule is Cc1nc2scc(C)n2c1C(F)C(=O)O. The number of fused-ring (bicyclic) bond motifs is 1. The third-order valence-corrected chi connectivity index (χ3v) is 3.15. The minimum Gasteiger partial charge on any atom is -0.479 e. The molecule has 0 fully saturated rings. The monoisotopic (exact) mass is 228 g/mol. The van der Waals surface area contributed by atoms with E-state index in [2.05, 4.69) is 4.98 Å². The molecule has 2 aromatic heterocycles. The van der Waals surface area contributed by atoms with E-state index in [0.29, 0.717) is 10.7 Å². The van der Waals surface area contributed by atoms with Crippen molar-refractivity contribution in [3.05, 3.63) is 22.5 Å². The summed E-state index contributed by atoms with van der Waals surface area (Å²) in [6.07, 6.45) is -2.02. The maximum atomic E-state index is 13.5. The number of aryl methyl sites for hydroxylation is 2. The third-order valence-electron chi connectivity index (χ3n) is 2.21. The van der Waals surface area contributed by atoms with Gasteiger partial charge in [-0.1, -0.05) is 0 Å². The molecule has 0 bridgehead atoms. The zero-order chi connectivity index (χ0) is 11.2. The van der Waals surface area contributed by atoms with Gasteiger partial charge in [-0.25, -0.2) is 14.2 Å². The molecule has 1 atom stereocenters. The minimum atomic E-state index is -2.02. The fourth-order valence-corrected chi connectivity index (χ4v) is 2.46. The summed E-state index contributed by atoms with van der Waals surface area (Å²) in [6.45, 7) is 3.41. The van der Waals surface area contributed by atoms with Gasteiger partial charge >= 0.3 is 5.97 Å². The lowest BCUT2D eigenvalue weighted by Gasteiger charge is -2.04. The normalized spacial score (nSPS) is 13.3. The number of aliphatic carboxylic acids is 1. The van der Waals surface area contributed by atoms with Crippen LogP contribution in [0.15, 0.2) is 5.38 Å². The van der Waals surface area contributed by atoms with Crippen LogP contribution in [0.1, 0.15) is 23.3 Å². The third kappa shape index (κ3) is 1.41. The molecular formula is C9H9FN2O2S. The van der Waals surface area contributed by atoms with Crippen LogP contribution in [0.3, 0.4) is 0 Å². The molecule has 0 radical (unpaired) electrons. The lowest BCUT2D eigenvalue weighted by molar-refractivity contribution is -0.143. The van der Waals surface area contributed by atoms with E-state index in [4.69, 9.17) is 5.11 Å². The smallest absolute Gasteiger partial charge is 0.344 e. The van der Waals surface area contributed by atoms with Crippen LogP contribution in [0, 0.1) is 13.8 Å². The van der Waals surface area contributed by atoms with Crippen molar-refractivity contribution in [2.24, 2.45) is 0 Å². The highest BCUT2D eigenvalue weighted by Crippen LogP contribution is 2.27. The summed E-state index contributed by atoms with van der Waals surface area (Å²) in [5, 5.41) is 10.5. The minimum absolute atomic E-state index is 0.122. The second-order valence-corrected chi connectivity index (χ2v) is 4.11. The summed E-state index contributed by atoms with van der Waals surface area (Å²) >= 11 is 1.37. The molecule has 1 N–H and O–H groups in total. The van der Waals surface area contributed by atoms with Crippen LogP contribution in [0.4, 0.5) is 4.39 Å². The van der Waals surface area contributed by atoms with E-state index < -0.39 is 12.1 Å². The van der Waals surface area contributed by atoms with Gasteiger partial charge in [0.05, 0.1) is 11.4 Å². The van der Waals surface area contributed by atoms with Gasteiger partial charge in [0.15, 0.2) is 4.96 Å². The molecule has 2 rings (SSSR count). The van der Waals surface area contributed by atoms with Gasteiger partial charge < -0.3 is 5.11 Å². The quantitative estimate of drug-likeness (QED) is 0.856. The predicted octanol–water partition coefficient (Wildman–Crippen LogP) is 2.11. The average molecular weight is 228 g/mol. The Hall–Kier alpha value is -1.43. The molecule has 0 aliphatic carbocycles. The number of hydrogen-bond donors (Lipinski definition) is 1. The summed E-state index contributed by atoms with van der Waals surface area (Å²) in [7, 11) is 0. The van der Waals surface area contributed by atoms with Crippen LogP contribution in [-0.2, 0) is 4.79 Å². The van der Waals surface area contributed by atoms with Crippen LogP contribution in [0.5, 0.6) is 0 Å². The highest BCUT2D eigenvalue weighted by Gasteiger charge is 2.26. The van der Waals surface area contributed by atoms with E-state index in [1.54, 1.807) is 18.2 Å². The number of rotatable bonds is 2. The van der Waals surface area contributed by atoms with E-state index in [1.165, 1.54) is 11.3 Å². The first-order chi connectivity index (χ1) is 7.02. The van der Waals surface area contributed by atoms with Crippen molar-refractivity contribution in [2.75, 3.05) is 0 Å². The molecule has 0 aromatic carbocycles. The predicted molar refractivity (Wildman–Crippen MR) is 54.0 cm³/mol. The Morgan fingerprint density at radius 1 is 1.67 bits per heavy atom. The molecule has 80 valence electrons. The number of halogens is 1.